The molecule has 2 rings (SSSR count). The fourth-order valence-electron chi connectivity index (χ4n) is 1.66. The minimum absolute atomic E-state index is 0.196. The second-order valence-electron chi connectivity index (χ2n) is 4.18. The zero-order valence-electron chi connectivity index (χ0n) is 10.4. The van der Waals surface area contributed by atoms with Crippen LogP contribution in [0, 0.1) is 5.41 Å². The maximum absolute atomic E-state index is 7.45. The summed E-state index contributed by atoms with van der Waals surface area (Å²) >= 11 is 16.6. The van der Waals surface area contributed by atoms with Gasteiger partial charge in [-0.25, -0.2) is 0 Å². The standard InChI is InChI=1S/C15H12Cl3NO/c16-15(17,18)14(19)20-10-11-6-8-13(9-7-11)12-4-2-1-3-5-12/h1-9,19H,10H2. The molecule has 0 spiro atoms. The van der Waals surface area contributed by atoms with E-state index in [1.54, 1.807) is 0 Å². The van der Waals surface area contributed by atoms with Crippen molar-refractivity contribution in [2.24, 2.45) is 0 Å². The van der Waals surface area contributed by atoms with Gasteiger partial charge in [-0.1, -0.05) is 89.4 Å². The van der Waals surface area contributed by atoms with Crippen LogP contribution >= 0.6 is 34.8 Å². The molecule has 0 saturated carbocycles. The van der Waals surface area contributed by atoms with Crippen LogP contribution in [0.5, 0.6) is 0 Å². The van der Waals surface area contributed by atoms with Crippen LogP contribution in [-0.4, -0.2) is 9.69 Å². The lowest BCUT2D eigenvalue weighted by Gasteiger charge is -2.13. The first-order valence-corrected chi connectivity index (χ1v) is 7.03. The van der Waals surface area contributed by atoms with Crippen LogP contribution in [0.4, 0.5) is 0 Å². The number of halogens is 3. The Balaban J connectivity index is 2.01. The van der Waals surface area contributed by atoms with Crippen molar-refractivity contribution in [3.63, 3.8) is 0 Å². The second kappa shape index (κ2) is 6.49. The first-order valence-electron chi connectivity index (χ1n) is 5.90. The summed E-state index contributed by atoms with van der Waals surface area (Å²) in [4.78, 5) is 0. The fourth-order valence-corrected chi connectivity index (χ4v) is 1.83. The number of ether oxygens (including phenoxy) is 1. The SMILES string of the molecule is N=C(OCc1ccc(-c2ccccc2)cc1)C(Cl)(Cl)Cl. The molecule has 20 heavy (non-hydrogen) atoms. The molecule has 104 valence electrons. The third-order valence-corrected chi connectivity index (χ3v) is 3.22. The number of nitrogens with one attached hydrogen (secondary N) is 1. The second-order valence-corrected chi connectivity index (χ2v) is 6.46. The summed E-state index contributed by atoms with van der Waals surface area (Å²) in [6, 6.07) is 17.9. The van der Waals surface area contributed by atoms with Gasteiger partial charge in [-0.15, -0.1) is 0 Å². The van der Waals surface area contributed by atoms with E-state index in [9.17, 15) is 0 Å². The minimum Gasteiger partial charge on any atom is -0.473 e. The molecule has 1 N–H and O–H groups in total. The van der Waals surface area contributed by atoms with Gasteiger partial charge in [0.15, 0.2) is 0 Å². The van der Waals surface area contributed by atoms with Crippen molar-refractivity contribution < 1.29 is 4.74 Å². The molecule has 0 unspecified atom stereocenters. The van der Waals surface area contributed by atoms with E-state index in [-0.39, 0.29) is 12.5 Å². The molecule has 0 aromatic heterocycles. The predicted octanol–water partition coefficient (Wildman–Crippen LogP) is 5.22. The molecule has 0 amide bonds. The molecule has 2 nitrogen and oxygen atoms in total. The van der Waals surface area contributed by atoms with E-state index in [4.69, 9.17) is 44.9 Å². The van der Waals surface area contributed by atoms with Gasteiger partial charge in [0.25, 0.3) is 3.79 Å². The molecule has 0 aliphatic carbocycles. The lowest BCUT2D eigenvalue weighted by molar-refractivity contribution is 0.284. The molecule has 0 bridgehead atoms. The molecular formula is C15H12Cl3NO. The Bertz CT molecular complexity index is 576. The summed E-state index contributed by atoms with van der Waals surface area (Å²) < 4.78 is 3.31. The Hall–Kier alpha value is -1.22. The van der Waals surface area contributed by atoms with Gasteiger partial charge in [0.2, 0.25) is 5.90 Å². The normalized spacial score (nSPS) is 11.2. The van der Waals surface area contributed by atoms with E-state index < -0.39 is 3.79 Å². The quantitative estimate of drug-likeness (QED) is 0.468. The number of benzene rings is 2. The molecule has 0 radical (unpaired) electrons. The van der Waals surface area contributed by atoms with Crippen LogP contribution in [0.15, 0.2) is 54.6 Å². The van der Waals surface area contributed by atoms with Crippen LogP contribution in [0.1, 0.15) is 5.56 Å². The first-order chi connectivity index (χ1) is 9.47. The highest BCUT2D eigenvalue weighted by Crippen LogP contribution is 2.28. The van der Waals surface area contributed by atoms with Crippen molar-refractivity contribution in [3.05, 3.63) is 60.2 Å². The molecule has 2 aromatic rings. The Morgan fingerprint density at radius 3 is 2.00 bits per heavy atom. The summed E-state index contributed by atoms with van der Waals surface area (Å²) in [6.07, 6.45) is 0. The number of hydrogen-bond acceptors (Lipinski definition) is 2. The molecule has 0 aliphatic heterocycles. The Kier molecular flexibility index (Phi) is 4.92. The number of rotatable bonds is 3. The van der Waals surface area contributed by atoms with Gasteiger partial charge in [-0.05, 0) is 16.7 Å². The zero-order chi connectivity index (χ0) is 14.6. The van der Waals surface area contributed by atoms with Gasteiger partial charge in [0, 0.05) is 0 Å². The van der Waals surface area contributed by atoms with Gasteiger partial charge in [0.1, 0.15) is 6.61 Å². The topological polar surface area (TPSA) is 33.1 Å². The fraction of sp³-hybridized carbons (Fsp3) is 0.133. The van der Waals surface area contributed by atoms with Crippen LogP contribution in [0.25, 0.3) is 11.1 Å². The van der Waals surface area contributed by atoms with Gasteiger partial charge >= 0.3 is 0 Å². The van der Waals surface area contributed by atoms with Crippen LogP contribution in [0.2, 0.25) is 0 Å². The van der Waals surface area contributed by atoms with Gasteiger partial charge in [0.05, 0.1) is 0 Å². The maximum atomic E-state index is 7.45. The third kappa shape index (κ3) is 4.14. The average molecular weight is 329 g/mol. The lowest BCUT2D eigenvalue weighted by Crippen LogP contribution is -2.20. The van der Waals surface area contributed by atoms with Crippen LogP contribution in [0.3, 0.4) is 0 Å². The molecule has 2 aromatic carbocycles. The summed E-state index contributed by atoms with van der Waals surface area (Å²) in [7, 11) is 0. The average Bonchev–Trinajstić information content (AvgIpc) is 2.45. The summed E-state index contributed by atoms with van der Waals surface area (Å²) in [5.74, 6) is -0.380. The zero-order valence-corrected chi connectivity index (χ0v) is 12.7. The van der Waals surface area contributed by atoms with E-state index in [0.717, 1.165) is 16.7 Å². The Labute approximate surface area is 132 Å². The molecule has 0 saturated heterocycles. The van der Waals surface area contributed by atoms with Gasteiger partial charge in [-0.3, -0.25) is 5.41 Å². The summed E-state index contributed by atoms with van der Waals surface area (Å²) in [5.41, 5.74) is 3.17. The molecule has 5 heteroatoms. The predicted molar refractivity (Wildman–Crippen MR) is 84.7 cm³/mol. The van der Waals surface area contributed by atoms with Crippen molar-refractivity contribution in [1.82, 2.24) is 0 Å². The van der Waals surface area contributed by atoms with Crippen molar-refractivity contribution in [1.29, 1.82) is 5.41 Å². The third-order valence-electron chi connectivity index (χ3n) is 2.70. The minimum atomic E-state index is -1.82. The first kappa shape index (κ1) is 15.2. The summed E-state index contributed by atoms with van der Waals surface area (Å²) in [6.45, 7) is 0.196. The van der Waals surface area contributed by atoms with Crippen molar-refractivity contribution in [2.45, 2.75) is 10.4 Å². The van der Waals surface area contributed by atoms with Crippen molar-refractivity contribution in [2.75, 3.05) is 0 Å². The van der Waals surface area contributed by atoms with Gasteiger partial charge in [-0.2, -0.15) is 0 Å². The van der Waals surface area contributed by atoms with Crippen LogP contribution < -0.4 is 0 Å². The van der Waals surface area contributed by atoms with E-state index in [1.807, 2.05) is 54.6 Å². The highest BCUT2D eigenvalue weighted by Gasteiger charge is 2.28. The molecule has 0 aliphatic rings. The van der Waals surface area contributed by atoms with E-state index in [2.05, 4.69) is 0 Å². The van der Waals surface area contributed by atoms with E-state index in [1.165, 1.54) is 0 Å². The molecule has 0 fully saturated rings. The van der Waals surface area contributed by atoms with E-state index >= 15 is 0 Å². The number of alkyl halides is 3. The smallest absolute Gasteiger partial charge is 0.265 e. The maximum Gasteiger partial charge on any atom is 0.265 e. The highest BCUT2D eigenvalue weighted by atomic mass is 35.6. The Morgan fingerprint density at radius 2 is 1.45 bits per heavy atom. The summed E-state index contributed by atoms with van der Waals surface area (Å²) in [5, 5.41) is 7.45. The lowest BCUT2D eigenvalue weighted by atomic mass is 10.0. The van der Waals surface area contributed by atoms with Crippen LogP contribution in [-0.2, 0) is 11.3 Å². The monoisotopic (exact) mass is 327 g/mol. The number of hydrogen-bond donors (Lipinski definition) is 1. The largest absolute Gasteiger partial charge is 0.473 e. The molecule has 0 heterocycles. The van der Waals surface area contributed by atoms with Crippen molar-refractivity contribution >= 4 is 40.7 Å². The highest BCUT2D eigenvalue weighted by molar-refractivity contribution is 6.76. The van der Waals surface area contributed by atoms with Gasteiger partial charge < -0.3 is 4.74 Å². The van der Waals surface area contributed by atoms with E-state index in [0.29, 0.717) is 0 Å². The van der Waals surface area contributed by atoms with Crippen molar-refractivity contribution in [3.8, 4) is 11.1 Å². The molecule has 0 atom stereocenters. The molecular weight excluding hydrogens is 317 g/mol. The Morgan fingerprint density at radius 1 is 0.900 bits per heavy atom.